The highest BCUT2D eigenvalue weighted by Gasteiger charge is 2.30. The van der Waals surface area contributed by atoms with E-state index in [1.54, 1.807) is 11.2 Å². The van der Waals surface area contributed by atoms with E-state index in [9.17, 15) is 9.59 Å². The van der Waals surface area contributed by atoms with E-state index in [0.717, 1.165) is 50.5 Å². The number of furan rings is 1. The zero-order valence-electron chi connectivity index (χ0n) is 16.0. The molecule has 6 heteroatoms. The molecule has 6 nitrogen and oxygen atoms in total. The van der Waals surface area contributed by atoms with Gasteiger partial charge in [-0.05, 0) is 18.9 Å². The normalized spacial score (nSPS) is 20.9. The highest BCUT2D eigenvalue weighted by molar-refractivity contribution is 5.99. The molecule has 1 aromatic carbocycles. The number of likely N-dealkylation sites (tertiary alicyclic amines) is 1. The third kappa shape index (κ3) is 4.34. The Balaban J connectivity index is 1.38. The summed E-state index contributed by atoms with van der Waals surface area (Å²) >= 11 is 0. The molecule has 0 bridgehead atoms. The Morgan fingerprint density at radius 1 is 1.04 bits per heavy atom. The molecule has 1 amide bonds. The van der Waals surface area contributed by atoms with Crippen LogP contribution in [0, 0.1) is 5.92 Å². The maximum absolute atomic E-state index is 12.9. The van der Waals surface area contributed by atoms with Gasteiger partial charge in [0, 0.05) is 37.7 Å². The smallest absolute Gasteiger partial charge is 0.257 e. The molecule has 2 aliphatic rings. The number of hydrogen-bond acceptors (Lipinski definition) is 5. The number of ether oxygens (including phenoxy) is 1. The maximum Gasteiger partial charge on any atom is 0.257 e. The van der Waals surface area contributed by atoms with E-state index in [1.165, 1.54) is 0 Å². The summed E-state index contributed by atoms with van der Waals surface area (Å²) in [7, 11) is 0. The van der Waals surface area contributed by atoms with Crippen LogP contribution in [0.25, 0.3) is 0 Å². The monoisotopic (exact) mass is 382 g/mol. The number of morpholine rings is 1. The molecular weight excluding hydrogens is 356 g/mol. The van der Waals surface area contributed by atoms with Crippen molar-refractivity contribution in [2.24, 2.45) is 5.92 Å². The number of nitrogens with zero attached hydrogens (tertiary/aromatic N) is 2. The van der Waals surface area contributed by atoms with Crippen molar-refractivity contribution in [1.82, 2.24) is 9.80 Å². The minimum Gasteiger partial charge on any atom is -0.467 e. The van der Waals surface area contributed by atoms with E-state index < -0.39 is 0 Å². The van der Waals surface area contributed by atoms with Crippen molar-refractivity contribution in [2.75, 3.05) is 39.4 Å². The minimum absolute atomic E-state index is 0.0532. The molecule has 3 heterocycles. The van der Waals surface area contributed by atoms with E-state index in [0.29, 0.717) is 25.2 Å². The van der Waals surface area contributed by atoms with Crippen molar-refractivity contribution in [1.29, 1.82) is 0 Å². The summed E-state index contributed by atoms with van der Waals surface area (Å²) in [6, 6.07) is 11.2. The Hall–Kier alpha value is -2.44. The quantitative estimate of drug-likeness (QED) is 0.744. The summed E-state index contributed by atoms with van der Waals surface area (Å²) in [5.74, 6) is 0.722. The van der Waals surface area contributed by atoms with Crippen molar-refractivity contribution in [3.63, 3.8) is 0 Å². The molecule has 0 radical (unpaired) electrons. The van der Waals surface area contributed by atoms with Crippen LogP contribution < -0.4 is 0 Å². The Morgan fingerprint density at radius 2 is 1.82 bits per heavy atom. The summed E-state index contributed by atoms with van der Waals surface area (Å²) in [5, 5.41) is 0. The van der Waals surface area contributed by atoms with E-state index in [1.807, 2.05) is 36.4 Å². The van der Waals surface area contributed by atoms with Crippen molar-refractivity contribution in [2.45, 2.75) is 19.4 Å². The molecule has 0 spiro atoms. The molecule has 2 aliphatic heterocycles. The van der Waals surface area contributed by atoms with Gasteiger partial charge >= 0.3 is 0 Å². The molecule has 1 aromatic heterocycles. The van der Waals surface area contributed by atoms with Gasteiger partial charge in [0.25, 0.3) is 5.91 Å². The molecule has 0 N–H and O–H groups in total. The molecule has 4 rings (SSSR count). The number of ketones is 1. The van der Waals surface area contributed by atoms with Gasteiger partial charge in [0.15, 0.2) is 5.78 Å². The minimum atomic E-state index is -0.139. The van der Waals surface area contributed by atoms with Gasteiger partial charge in [-0.2, -0.15) is 0 Å². The predicted molar refractivity (Wildman–Crippen MR) is 104 cm³/mol. The van der Waals surface area contributed by atoms with Gasteiger partial charge < -0.3 is 14.1 Å². The summed E-state index contributed by atoms with van der Waals surface area (Å²) in [5.41, 5.74) is 1.29. The molecule has 0 aliphatic carbocycles. The number of Topliss-reactive ketones (excluding diaryl/α,β-unsaturated/α-hetero) is 1. The Morgan fingerprint density at radius 3 is 2.61 bits per heavy atom. The topological polar surface area (TPSA) is 63.0 Å². The van der Waals surface area contributed by atoms with Gasteiger partial charge in [0.1, 0.15) is 12.0 Å². The first-order valence-electron chi connectivity index (χ1n) is 9.97. The summed E-state index contributed by atoms with van der Waals surface area (Å²) < 4.78 is 11.0. The van der Waals surface area contributed by atoms with Gasteiger partial charge in [-0.25, -0.2) is 0 Å². The average molecular weight is 382 g/mol. The summed E-state index contributed by atoms with van der Waals surface area (Å²) in [6.07, 6.45) is 3.21. The summed E-state index contributed by atoms with van der Waals surface area (Å²) in [4.78, 5) is 29.7. The van der Waals surface area contributed by atoms with Crippen molar-refractivity contribution in [3.05, 3.63) is 59.5 Å². The van der Waals surface area contributed by atoms with Crippen molar-refractivity contribution in [3.8, 4) is 0 Å². The number of benzene rings is 1. The van der Waals surface area contributed by atoms with E-state index in [4.69, 9.17) is 9.15 Å². The second kappa shape index (κ2) is 8.71. The van der Waals surface area contributed by atoms with E-state index >= 15 is 0 Å². The van der Waals surface area contributed by atoms with Gasteiger partial charge in [0.05, 0.1) is 25.3 Å². The lowest BCUT2D eigenvalue weighted by molar-refractivity contribution is 0.0313. The van der Waals surface area contributed by atoms with Crippen LogP contribution in [-0.4, -0.2) is 60.9 Å². The molecular formula is C22H26N2O4. The second-order valence-corrected chi connectivity index (χ2v) is 7.51. The molecule has 28 heavy (non-hydrogen) atoms. The standard InChI is InChI=1S/C22H26N2O4/c25-21(17-5-2-1-3-6-17)18-7-4-8-24(14-18)22(26)19-13-20(28-16-19)15-23-9-11-27-12-10-23/h1-3,5-6,13,16,18H,4,7-12,14-15H2. The van der Waals surface area contributed by atoms with Gasteiger partial charge in [-0.1, -0.05) is 30.3 Å². The number of hydrogen-bond donors (Lipinski definition) is 0. The molecule has 1 atom stereocenters. The molecule has 1 unspecified atom stereocenters. The number of carbonyl (C=O) groups is 2. The predicted octanol–water partition coefficient (Wildman–Crippen LogP) is 2.85. The van der Waals surface area contributed by atoms with Crippen LogP contribution in [0.3, 0.4) is 0 Å². The fourth-order valence-corrected chi connectivity index (χ4v) is 3.95. The zero-order valence-corrected chi connectivity index (χ0v) is 16.0. The Kier molecular flexibility index (Phi) is 5.88. The lowest BCUT2D eigenvalue weighted by atomic mass is 9.90. The Bertz CT molecular complexity index is 811. The largest absolute Gasteiger partial charge is 0.467 e. The van der Waals surface area contributed by atoms with E-state index in [2.05, 4.69) is 4.90 Å². The molecule has 148 valence electrons. The first-order chi connectivity index (χ1) is 13.7. The molecule has 2 saturated heterocycles. The third-order valence-corrected chi connectivity index (χ3v) is 5.52. The lowest BCUT2D eigenvalue weighted by Gasteiger charge is -2.31. The second-order valence-electron chi connectivity index (χ2n) is 7.51. The highest BCUT2D eigenvalue weighted by atomic mass is 16.5. The zero-order chi connectivity index (χ0) is 19.3. The third-order valence-electron chi connectivity index (χ3n) is 5.52. The molecule has 2 fully saturated rings. The SMILES string of the molecule is O=C(c1ccccc1)C1CCCN(C(=O)c2coc(CN3CCOCC3)c2)C1. The molecule has 0 saturated carbocycles. The first kappa shape index (κ1) is 18.9. The lowest BCUT2D eigenvalue weighted by Crippen LogP contribution is -2.42. The van der Waals surface area contributed by atoms with Gasteiger partial charge in [-0.15, -0.1) is 0 Å². The maximum atomic E-state index is 12.9. The average Bonchev–Trinajstić information content (AvgIpc) is 3.22. The van der Waals surface area contributed by atoms with Crippen LogP contribution in [0.15, 0.2) is 47.1 Å². The van der Waals surface area contributed by atoms with Crippen LogP contribution in [0.1, 0.15) is 39.3 Å². The Labute approximate surface area is 165 Å². The number of piperidine rings is 1. The number of carbonyl (C=O) groups excluding carboxylic acids is 2. The van der Waals surface area contributed by atoms with Crippen molar-refractivity contribution < 1.29 is 18.7 Å². The highest BCUT2D eigenvalue weighted by Crippen LogP contribution is 2.23. The van der Waals surface area contributed by atoms with Crippen LogP contribution in [0.4, 0.5) is 0 Å². The fraction of sp³-hybridized carbons (Fsp3) is 0.455. The fourth-order valence-electron chi connectivity index (χ4n) is 3.95. The van der Waals surface area contributed by atoms with Crippen LogP contribution in [0.5, 0.6) is 0 Å². The van der Waals surface area contributed by atoms with Gasteiger partial charge in [-0.3, -0.25) is 14.5 Å². The number of rotatable bonds is 5. The van der Waals surface area contributed by atoms with Crippen LogP contribution >= 0.6 is 0 Å². The molecule has 2 aromatic rings. The number of amides is 1. The van der Waals surface area contributed by atoms with Crippen LogP contribution in [-0.2, 0) is 11.3 Å². The van der Waals surface area contributed by atoms with E-state index in [-0.39, 0.29) is 17.6 Å². The van der Waals surface area contributed by atoms with Crippen molar-refractivity contribution >= 4 is 11.7 Å². The van der Waals surface area contributed by atoms with Gasteiger partial charge in [0.2, 0.25) is 0 Å². The summed E-state index contributed by atoms with van der Waals surface area (Å²) in [6.45, 7) is 5.05. The van der Waals surface area contributed by atoms with Crippen LogP contribution in [0.2, 0.25) is 0 Å². The first-order valence-corrected chi connectivity index (χ1v) is 9.97.